The fourth-order valence-corrected chi connectivity index (χ4v) is 2.35. The molecule has 0 unspecified atom stereocenters. The zero-order chi connectivity index (χ0) is 14.9. The predicted molar refractivity (Wildman–Crippen MR) is 90.3 cm³/mol. The minimum absolute atomic E-state index is 0. The zero-order valence-corrected chi connectivity index (χ0v) is 13.9. The van der Waals surface area contributed by atoms with E-state index in [-0.39, 0.29) is 7.43 Å². The third-order valence-electron chi connectivity index (χ3n) is 3.65. The van der Waals surface area contributed by atoms with Gasteiger partial charge in [-0.05, 0) is 32.1 Å². The monoisotopic (exact) mass is 294 g/mol. The van der Waals surface area contributed by atoms with Crippen LogP contribution in [0.2, 0.25) is 0 Å². The third-order valence-corrected chi connectivity index (χ3v) is 3.65. The van der Waals surface area contributed by atoms with Crippen LogP contribution in [0, 0.1) is 7.43 Å². The molecule has 0 fully saturated rings. The molecule has 0 aliphatic rings. The van der Waals surface area contributed by atoms with Crippen LogP contribution in [0.5, 0.6) is 0 Å². The molecule has 122 valence electrons. The molecule has 0 bridgehead atoms. The summed E-state index contributed by atoms with van der Waals surface area (Å²) in [7, 11) is 0. The first-order valence-electron chi connectivity index (χ1n) is 8.64. The summed E-state index contributed by atoms with van der Waals surface area (Å²) in [6, 6.07) is 0. The first-order chi connectivity index (χ1) is 9.77. The topological polar surface area (TPSA) is 37.3 Å². The van der Waals surface area contributed by atoms with Crippen molar-refractivity contribution in [3.63, 3.8) is 0 Å². The Morgan fingerprint density at radius 2 is 1.19 bits per heavy atom. The van der Waals surface area contributed by atoms with Crippen LogP contribution in [-0.4, -0.2) is 11.1 Å². The van der Waals surface area contributed by atoms with E-state index in [0.717, 1.165) is 12.8 Å². The second-order valence-electron chi connectivity index (χ2n) is 5.73. The van der Waals surface area contributed by atoms with E-state index >= 15 is 0 Å². The molecule has 2 heteroatoms. The first-order valence-corrected chi connectivity index (χ1v) is 8.64. The van der Waals surface area contributed by atoms with Crippen LogP contribution in [-0.2, 0) is 4.79 Å². The van der Waals surface area contributed by atoms with Crippen molar-refractivity contribution in [1.82, 2.24) is 0 Å². The molecule has 0 saturated carbocycles. The molecule has 0 spiro atoms. The lowest BCUT2D eigenvalue weighted by atomic mass is 10.1. The number of aliphatic carboxylic acids is 1. The number of allylic oxidation sites excluding steroid dienone is 2. The van der Waals surface area contributed by atoms with Crippen molar-refractivity contribution in [3.05, 3.63) is 19.6 Å². The number of unbranched alkanes of at least 4 members (excludes halogenated alkanes) is 11. The van der Waals surface area contributed by atoms with Crippen LogP contribution in [0.3, 0.4) is 0 Å². The van der Waals surface area contributed by atoms with E-state index in [1.807, 2.05) is 0 Å². The highest BCUT2D eigenvalue weighted by Crippen LogP contribution is 2.09. The summed E-state index contributed by atoms with van der Waals surface area (Å²) in [6.45, 7) is 2.26. The van der Waals surface area contributed by atoms with Crippen LogP contribution < -0.4 is 0 Å². The molecule has 0 saturated heterocycles. The molecule has 2 nitrogen and oxygen atoms in total. The summed E-state index contributed by atoms with van der Waals surface area (Å²) in [5, 5.41) is 8.51. The lowest BCUT2D eigenvalue weighted by Crippen LogP contribution is -1.93. The molecule has 0 aliphatic heterocycles. The second kappa shape index (κ2) is 19.2. The van der Waals surface area contributed by atoms with Gasteiger partial charge in [0.1, 0.15) is 0 Å². The predicted octanol–water partition coefficient (Wildman–Crippen LogP) is 6.19. The van der Waals surface area contributed by atoms with Crippen LogP contribution in [0.1, 0.15) is 96.8 Å². The molecular formula is C19H34O2. The van der Waals surface area contributed by atoms with Gasteiger partial charge in [-0.2, -0.15) is 0 Å². The van der Waals surface area contributed by atoms with E-state index in [1.54, 1.807) is 0 Å². The van der Waals surface area contributed by atoms with Gasteiger partial charge in [0.25, 0.3) is 0 Å². The molecule has 0 aromatic rings. The number of carboxylic acids is 1. The maximum Gasteiger partial charge on any atom is 0.303 e. The minimum Gasteiger partial charge on any atom is -0.481 e. The Hall–Kier alpha value is -0.790. The van der Waals surface area contributed by atoms with E-state index < -0.39 is 5.97 Å². The number of hydrogen-bond donors (Lipinski definition) is 1. The van der Waals surface area contributed by atoms with Gasteiger partial charge in [0.2, 0.25) is 0 Å². The van der Waals surface area contributed by atoms with E-state index in [4.69, 9.17) is 5.11 Å². The van der Waals surface area contributed by atoms with Crippen LogP contribution in [0.15, 0.2) is 12.2 Å². The maximum absolute atomic E-state index is 10.3. The van der Waals surface area contributed by atoms with E-state index in [0.29, 0.717) is 6.42 Å². The van der Waals surface area contributed by atoms with Crippen molar-refractivity contribution in [1.29, 1.82) is 0 Å². The lowest BCUT2D eigenvalue weighted by molar-refractivity contribution is -0.137. The number of hydrogen-bond acceptors (Lipinski definition) is 1. The van der Waals surface area contributed by atoms with Crippen molar-refractivity contribution in [2.75, 3.05) is 0 Å². The third kappa shape index (κ3) is 21.7. The summed E-state index contributed by atoms with van der Waals surface area (Å²) in [6.07, 6.45) is 21.2. The zero-order valence-electron chi connectivity index (χ0n) is 13.9. The highest BCUT2D eigenvalue weighted by molar-refractivity contribution is 5.66. The van der Waals surface area contributed by atoms with Crippen molar-refractivity contribution in [3.8, 4) is 0 Å². The molecule has 0 aromatic heterocycles. The summed E-state index contributed by atoms with van der Waals surface area (Å²) in [5.74, 6) is -0.664. The molecule has 0 heterocycles. The van der Waals surface area contributed by atoms with Crippen LogP contribution in [0.25, 0.3) is 0 Å². The Kier molecular flexibility index (Phi) is 20.6. The molecule has 4 radical (unpaired) electrons. The SMILES string of the molecule is CCCCCCCC/C=C\CCCCCCCC(=O)O.[C]. The number of rotatable bonds is 15. The lowest BCUT2D eigenvalue weighted by Gasteiger charge is -1.99. The molecule has 0 aliphatic carbocycles. The van der Waals surface area contributed by atoms with Gasteiger partial charge in [-0.1, -0.05) is 70.4 Å². The van der Waals surface area contributed by atoms with Gasteiger partial charge < -0.3 is 5.11 Å². The number of carboxylic acid groups (broad SMARTS) is 1. The largest absolute Gasteiger partial charge is 0.481 e. The van der Waals surface area contributed by atoms with Gasteiger partial charge in [0.15, 0.2) is 0 Å². The fraction of sp³-hybridized carbons (Fsp3) is 0.789. The van der Waals surface area contributed by atoms with Gasteiger partial charge in [-0.3, -0.25) is 4.79 Å². The van der Waals surface area contributed by atoms with E-state index in [9.17, 15) is 4.79 Å². The Morgan fingerprint density at radius 3 is 1.67 bits per heavy atom. The van der Waals surface area contributed by atoms with Crippen LogP contribution in [0.4, 0.5) is 0 Å². The van der Waals surface area contributed by atoms with Crippen molar-refractivity contribution < 1.29 is 9.90 Å². The van der Waals surface area contributed by atoms with Crippen molar-refractivity contribution >= 4 is 5.97 Å². The van der Waals surface area contributed by atoms with Gasteiger partial charge in [0.05, 0.1) is 0 Å². The minimum atomic E-state index is -0.664. The molecule has 0 rings (SSSR count). The van der Waals surface area contributed by atoms with Crippen LogP contribution >= 0.6 is 0 Å². The summed E-state index contributed by atoms with van der Waals surface area (Å²) in [5.41, 5.74) is 0. The van der Waals surface area contributed by atoms with E-state index in [2.05, 4.69) is 19.1 Å². The van der Waals surface area contributed by atoms with Gasteiger partial charge in [-0.25, -0.2) is 0 Å². The smallest absolute Gasteiger partial charge is 0.303 e. The quantitative estimate of drug-likeness (QED) is 0.289. The van der Waals surface area contributed by atoms with Crippen molar-refractivity contribution in [2.24, 2.45) is 0 Å². The van der Waals surface area contributed by atoms with E-state index in [1.165, 1.54) is 70.6 Å². The average Bonchev–Trinajstić information content (AvgIpc) is 2.43. The van der Waals surface area contributed by atoms with Gasteiger partial charge in [-0.15, -0.1) is 0 Å². The Balaban J connectivity index is 0. The average molecular weight is 294 g/mol. The van der Waals surface area contributed by atoms with Gasteiger partial charge >= 0.3 is 5.97 Å². The van der Waals surface area contributed by atoms with Crippen molar-refractivity contribution in [2.45, 2.75) is 96.8 Å². The second-order valence-corrected chi connectivity index (χ2v) is 5.73. The highest BCUT2D eigenvalue weighted by atomic mass is 16.4. The maximum atomic E-state index is 10.3. The molecule has 1 N–H and O–H groups in total. The fourth-order valence-electron chi connectivity index (χ4n) is 2.35. The molecule has 0 amide bonds. The summed E-state index contributed by atoms with van der Waals surface area (Å²) in [4.78, 5) is 10.3. The summed E-state index contributed by atoms with van der Waals surface area (Å²) < 4.78 is 0. The molecular weight excluding hydrogens is 260 g/mol. The number of carbonyl (C=O) groups is 1. The Labute approximate surface area is 133 Å². The Bertz CT molecular complexity index is 234. The molecule has 0 atom stereocenters. The molecule has 21 heavy (non-hydrogen) atoms. The normalized spacial score (nSPS) is 10.7. The molecule has 0 aromatic carbocycles. The van der Waals surface area contributed by atoms with Gasteiger partial charge in [0, 0.05) is 13.8 Å². The standard InChI is InChI=1S/C18H34O2.C/c1-2-3-4-5-6-7-8-9-10-11-12-13-14-15-16-17-18(19)20;/h9-10H,2-8,11-17H2,1H3,(H,19,20);/b10-9-;. The Morgan fingerprint density at radius 1 is 0.762 bits per heavy atom. The first kappa shape index (κ1) is 22.5. The highest BCUT2D eigenvalue weighted by Gasteiger charge is 1.95. The summed E-state index contributed by atoms with van der Waals surface area (Å²) >= 11 is 0.